The molecule has 1 aliphatic heterocycles. The van der Waals surface area contributed by atoms with Crippen LogP contribution in [-0.2, 0) is 17.6 Å². The van der Waals surface area contributed by atoms with Crippen molar-refractivity contribution in [3.05, 3.63) is 93.4 Å². The molecule has 0 saturated carbocycles. The quantitative estimate of drug-likeness (QED) is 0.507. The van der Waals surface area contributed by atoms with Crippen molar-refractivity contribution in [2.75, 3.05) is 25.0 Å². The fraction of sp³-hybridized carbons (Fsp3) is 0.370. The van der Waals surface area contributed by atoms with Crippen LogP contribution in [0.1, 0.15) is 47.7 Å². The number of H-pyrrole nitrogens is 1. The van der Waals surface area contributed by atoms with Crippen molar-refractivity contribution in [1.82, 2.24) is 20.2 Å². The third-order valence-corrected chi connectivity index (χ3v) is 6.81. The normalized spacial score (nSPS) is 16.4. The van der Waals surface area contributed by atoms with Gasteiger partial charge in [-0.05, 0) is 43.2 Å². The molecule has 0 radical (unpaired) electrons. The van der Waals surface area contributed by atoms with Crippen LogP contribution in [0.25, 0.3) is 0 Å². The number of carbonyl (C=O) groups excluding carboxylic acids is 1. The molecule has 1 aromatic heterocycles. The third-order valence-electron chi connectivity index (χ3n) is 6.81. The monoisotopic (exact) mass is 457 g/mol. The molecule has 176 valence electrons. The van der Waals surface area contributed by atoms with Gasteiger partial charge in [-0.1, -0.05) is 60.7 Å². The van der Waals surface area contributed by atoms with E-state index in [1.165, 1.54) is 0 Å². The van der Waals surface area contributed by atoms with Crippen LogP contribution in [0, 0.1) is 0 Å². The summed E-state index contributed by atoms with van der Waals surface area (Å²) < 4.78 is 0. The van der Waals surface area contributed by atoms with Gasteiger partial charge in [-0.25, -0.2) is 4.98 Å². The number of aromatic amines is 1. The first-order chi connectivity index (χ1) is 16.7. The number of fused-ring (bicyclic) bond motifs is 1. The molecule has 7 nitrogen and oxygen atoms in total. The molecule has 34 heavy (non-hydrogen) atoms. The smallest absolute Gasteiger partial charge is 0.255 e. The van der Waals surface area contributed by atoms with E-state index in [1.807, 2.05) is 60.7 Å². The number of benzene rings is 2. The van der Waals surface area contributed by atoms with Crippen LogP contribution in [0.4, 0.5) is 5.95 Å². The van der Waals surface area contributed by atoms with Gasteiger partial charge in [-0.2, -0.15) is 0 Å². The number of aryl methyl sites for hydroxylation is 1. The van der Waals surface area contributed by atoms with Gasteiger partial charge in [-0.3, -0.25) is 19.5 Å². The minimum absolute atomic E-state index is 0.00880. The van der Waals surface area contributed by atoms with E-state index in [-0.39, 0.29) is 23.6 Å². The van der Waals surface area contributed by atoms with Gasteiger partial charge in [0.05, 0.1) is 18.3 Å². The van der Waals surface area contributed by atoms with Crippen molar-refractivity contribution in [3.8, 4) is 0 Å². The summed E-state index contributed by atoms with van der Waals surface area (Å²) in [6.45, 7) is 2.01. The zero-order chi connectivity index (χ0) is 23.3. The Bertz CT molecular complexity index is 1130. The molecular weight excluding hydrogens is 426 g/mol. The summed E-state index contributed by atoms with van der Waals surface area (Å²) in [5, 5.41) is 6.64. The van der Waals surface area contributed by atoms with Crippen LogP contribution in [-0.4, -0.2) is 46.5 Å². The first kappa shape index (κ1) is 22.3. The van der Waals surface area contributed by atoms with Crippen molar-refractivity contribution >= 4 is 11.9 Å². The number of nitrogens with one attached hydrogen (secondary N) is 3. The Morgan fingerprint density at radius 1 is 1.00 bits per heavy atom. The number of hydrogen-bond donors (Lipinski definition) is 3. The average molecular weight is 458 g/mol. The van der Waals surface area contributed by atoms with E-state index in [1.54, 1.807) is 0 Å². The van der Waals surface area contributed by atoms with E-state index in [2.05, 4.69) is 25.5 Å². The lowest BCUT2D eigenvalue weighted by molar-refractivity contribution is -0.123. The first-order valence-corrected chi connectivity index (χ1v) is 12.2. The molecule has 1 aliphatic carbocycles. The largest absolute Gasteiger partial charge is 0.353 e. The molecule has 0 atom stereocenters. The lowest BCUT2D eigenvalue weighted by Gasteiger charge is -2.32. The Morgan fingerprint density at radius 3 is 2.29 bits per heavy atom. The number of piperidine rings is 1. The fourth-order valence-corrected chi connectivity index (χ4v) is 5.00. The van der Waals surface area contributed by atoms with Crippen LogP contribution >= 0.6 is 0 Å². The number of amides is 1. The van der Waals surface area contributed by atoms with Crippen molar-refractivity contribution in [1.29, 1.82) is 0 Å². The summed E-state index contributed by atoms with van der Waals surface area (Å²) >= 11 is 0. The van der Waals surface area contributed by atoms with Gasteiger partial charge < -0.3 is 10.6 Å². The van der Waals surface area contributed by atoms with E-state index in [0.29, 0.717) is 12.5 Å². The number of aromatic nitrogens is 2. The number of rotatable bonds is 7. The topological polar surface area (TPSA) is 90.1 Å². The standard InChI is InChI=1S/C27H31N5O2/c33-24(30-25(19-8-3-1-4-9-19)20-10-5-2-6-11-20)18-32-16-14-21(15-17-32)28-27-29-23-13-7-12-22(23)26(34)31-27/h1-6,8-11,21,25H,7,12-18H2,(H,30,33)(H2,28,29,31,34). The van der Waals surface area contributed by atoms with E-state index in [0.717, 1.165) is 67.6 Å². The van der Waals surface area contributed by atoms with Gasteiger partial charge in [0.25, 0.3) is 5.56 Å². The van der Waals surface area contributed by atoms with Gasteiger partial charge in [0.15, 0.2) is 0 Å². The molecule has 2 aliphatic rings. The molecule has 5 rings (SSSR count). The van der Waals surface area contributed by atoms with Gasteiger partial charge in [-0.15, -0.1) is 0 Å². The maximum absolute atomic E-state index is 13.0. The maximum Gasteiger partial charge on any atom is 0.255 e. The fourth-order valence-electron chi connectivity index (χ4n) is 5.00. The number of carbonyl (C=O) groups is 1. The Balaban J connectivity index is 1.16. The van der Waals surface area contributed by atoms with Crippen molar-refractivity contribution in [3.63, 3.8) is 0 Å². The minimum Gasteiger partial charge on any atom is -0.353 e. The van der Waals surface area contributed by atoms with E-state index < -0.39 is 0 Å². The van der Waals surface area contributed by atoms with E-state index in [4.69, 9.17) is 0 Å². The van der Waals surface area contributed by atoms with Crippen LogP contribution in [0.3, 0.4) is 0 Å². The summed E-state index contributed by atoms with van der Waals surface area (Å²) in [6.07, 6.45) is 4.51. The summed E-state index contributed by atoms with van der Waals surface area (Å²) in [5.41, 5.74) is 3.91. The van der Waals surface area contributed by atoms with Gasteiger partial charge in [0.1, 0.15) is 0 Å². The Morgan fingerprint density at radius 2 is 1.65 bits per heavy atom. The molecule has 1 saturated heterocycles. The van der Waals surface area contributed by atoms with Gasteiger partial charge in [0.2, 0.25) is 11.9 Å². The second-order valence-corrected chi connectivity index (χ2v) is 9.21. The average Bonchev–Trinajstić information content (AvgIpc) is 3.34. The second kappa shape index (κ2) is 10.2. The highest BCUT2D eigenvalue weighted by molar-refractivity contribution is 5.79. The number of hydrogen-bond acceptors (Lipinski definition) is 5. The molecule has 3 N–H and O–H groups in total. The Hall–Kier alpha value is -3.45. The van der Waals surface area contributed by atoms with E-state index >= 15 is 0 Å². The highest BCUT2D eigenvalue weighted by atomic mass is 16.2. The zero-order valence-electron chi connectivity index (χ0n) is 19.3. The van der Waals surface area contributed by atoms with Crippen molar-refractivity contribution < 1.29 is 4.79 Å². The summed E-state index contributed by atoms with van der Waals surface area (Å²) in [7, 11) is 0. The van der Waals surface area contributed by atoms with Crippen LogP contribution in [0.5, 0.6) is 0 Å². The molecule has 0 spiro atoms. The number of nitrogens with zero attached hydrogens (tertiary/aromatic N) is 2. The van der Waals surface area contributed by atoms with Gasteiger partial charge >= 0.3 is 0 Å². The summed E-state index contributed by atoms with van der Waals surface area (Å²) in [5.74, 6) is 0.601. The molecule has 0 bridgehead atoms. The van der Waals surface area contributed by atoms with Gasteiger partial charge in [0, 0.05) is 24.7 Å². The van der Waals surface area contributed by atoms with Crippen molar-refractivity contribution in [2.24, 2.45) is 0 Å². The lowest BCUT2D eigenvalue weighted by Crippen LogP contribution is -2.45. The van der Waals surface area contributed by atoms with E-state index in [9.17, 15) is 9.59 Å². The maximum atomic E-state index is 13.0. The lowest BCUT2D eigenvalue weighted by atomic mass is 9.98. The molecule has 0 unspecified atom stereocenters. The molecule has 2 heterocycles. The third kappa shape index (κ3) is 5.20. The van der Waals surface area contributed by atoms with Crippen LogP contribution in [0.15, 0.2) is 65.5 Å². The predicted molar refractivity (Wildman–Crippen MR) is 133 cm³/mol. The number of anilines is 1. The van der Waals surface area contributed by atoms with Crippen LogP contribution < -0.4 is 16.2 Å². The molecule has 7 heteroatoms. The summed E-state index contributed by atoms with van der Waals surface area (Å²) in [4.78, 5) is 34.9. The van der Waals surface area contributed by atoms with Crippen molar-refractivity contribution in [2.45, 2.75) is 44.2 Å². The summed E-state index contributed by atoms with van der Waals surface area (Å²) in [6, 6.07) is 20.2. The zero-order valence-corrected chi connectivity index (χ0v) is 19.3. The van der Waals surface area contributed by atoms with Crippen LogP contribution in [0.2, 0.25) is 0 Å². The molecular formula is C27H31N5O2. The highest BCUT2D eigenvalue weighted by Gasteiger charge is 2.24. The Kier molecular flexibility index (Phi) is 6.72. The SMILES string of the molecule is O=C(CN1CCC(Nc2nc3c(c(=O)[nH]2)CCC3)CC1)NC(c1ccccc1)c1ccccc1. The predicted octanol–water partition coefficient (Wildman–Crippen LogP) is 3.04. The second-order valence-electron chi connectivity index (χ2n) is 9.21. The Labute approximate surface area is 199 Å². The number of likely N-dealkylation sites (tertiary alicyclic amines) is 1. The molecule has 2 aromatic carbocycles. The highest BCUT2D eigenvalue weighted by Crippen LogP contribution is 2.22. The molecule has 3 aromatic rings. The molecule has 1 fully saturated rings. The molecule has 1 amide bonds. The first-order valence-electron chi connectivity index (χ1n) is 12.2. The minimum atomic E-state index is -0.170.